The third-order valence-corrected chi connectivity index (χ3v) is 3.01. The van der Waals surface area contributed by atoms with Crippen LogP contribution in [0.5, 0.6) is 0 Å². The lowest BCUT2D eigenvalue weighted by Crippen LogP contribution is -2.16. The maximum absolute atomic E-state index is 13.5. The van der Waals surface area contributed by atoms with Crippen LogP contribution in [0.2, 0.25) is 0 Å². The van der Waals surface area contributed by atoms with E-state index < -0.39 is 29.0 Å². The minimum Gasteiger partial charge on any atom is -0.372 e. The first kappa shape index (κ1) is 15.3. The molecule has 0 saturated carbocycles. The van der Waals surface area contributed by atoms with Crippen molar-refractivity contribution in [1.29, 1.82) is 0 Å². The van der Waals surface area contributed by atoms with Crippen LogP contribution < -0.4 is 10.6 Å². The Bertz CT molecular complexity index is 709. The molecule has 2 N–H and O–H groups in total. The van der Waals surface area contributed by atoms with Crippen molar-refractivity contribution in [2.45, 2.75) is 0 Å². The fourth-order valence-electron chi connectivity index (χ4n) is 1.65. The first-order chi connectivity index (χ1) is 9.92. The van der Waals surface area contributed by atoms with Crippen molar-refractivity contribution >= 4 is 33.3 Å². The van der Waals surface area contributed by atoms with Crippen LogP contribution in [0.25, 0.3) is 0 Å². The lowest BCUT2D eigenvalue weighted by molar-refractivity contribution is 0.102. The Balaban J connectivity index is 2.37. The Kier molecular flexibility index (Phi) is 4.46. The molecule has 0 spiro atoms. The van der Waals surface area contributed by atoms with Gasteiger partial charge < -0.3 is 10.6 Å². The molecule has 1 amide bonds. The van der Waals surface area contributed by atoms with Gasteiger partial charge in [-0.15, -0.1) is 0 Å². The third-order valence-electron chi connectivity index (χ3n) is 2.58. The summed E-state index contributed by atoms with van der Waals surface area (Å²) < 4.78 is 40.2. The minimum atomic E-state index is -1.38. The number of carbonyl (C=O) groups is 1. The van der Waals surface area contributed by atoms with Gasteiger partial charge in [-0.1, -0.05) is 0 Å². The number of amides is 1. The average molecular weight is 360 g/mol. The summed E-state index contributed by atoms with van der Waals surface area (Å²) in [5, 5.41) is 4.81. The molecule has 21 heavy (non-hydrogen) atoms. The van der Waals surface area contributed by atoms with Gasteiger partial charge in [0.25, 0.3) is 5.91 Å². The molecule has 1 aromatic carbocycles. The van der Waals surface area contributed by atoms with Crippen molar-refractivity contribution in [1.82, 2.24) is 4.98 Å². The minimum absolute atomic E-state index is 0.0935. The molecule has 0 aliphatic carbocycles. The van der Waals surface area contributed by atoms with Crippen LogP contribution in [0.15, 0.2) is 28.9 Å². The quantitative estimate of drug-likeness (QED) is 0.824. The maximum atomic E-state index is 13.5. The molecular weight excluding hydrogens is 351 g/mol. The SMILES string of the molecule is CNc1ncc(Br)cc1C(=O)Nc1cc(F)cc(F)c1F. The van der Waals surface area contributed by atoms with Gasteiger partial charge in [-0.05, 0) is 22.0 Å². The summed E-state index contributed by atoms with van der Waals surface area (Å²) in [6, 6.07) is 2.53. The van der Waals surface area contributed by atoms with Gasteiger partial charge in [-0.3, -0.25) is 4.79 Å². The Morgan fingerprint density at radius 1 is 1.24 bits per heavy atom. The summed E-state index contributed by atoms with van der Waals surface area (Å²) in [6.45, 7) is 0. The molecule has 1 heterocycles. The standard InChI is InChI=1S/C13H9BrF3N3O/c1-18-12-8(2-6(14)5-19-12)13(21)20-10-4-7(15)3-9(16)11(10)17/h2-5H,1H3,(H,18,19)(H,20,21). The first-order valence-corrected chi connectivity index (χ1v) is 6.51. The number of carbonyl (C=O) groups excluding carboxylic acids is 1. The van der Waals surface area contributed by atoms with Gasteiger partial charge in [-0.2, -0.15) is 0 Å². The fourth-order valence-corrected chi connectivity index (χ4v) is 1.98. The van der Waals surface area contributed by atoms with E-state index in [0.717, 1.165) is 0 Å². The van der Waals surface area contributed by atoms with E-state index in [1.54, 1.807) is 7.05 Å². The predicted octanol–water partition coefficient (Wildman–Crippen LogP) is 3.56. The number of aromatic nitrogens is 1. The van der Waals surface area contributed by atoms with Crippen molar-refractivity contribution in [3.8, 4) is 0 Å². The molecule has 110 valence electrons. The number of hydrogen-bond acceptors (Lipinski definition) is 3. The second-order valence-corrected chi connectivity index (χ2v) is 4.92. The Morgan fingerprint density at radius 2 is 1.95 bits per heavy atom. The summed E-state index contributed by atoms with van der Waals surface area (Å²) in [5.74, 6) is -4.22. The topological polar surface area (TPSA) is 54.0 Å². The van der Waals surface area contributed by atoms with E-state index in [4.69, 9.17) is 0 Å². The zero-order valence-corrected chi connectivity index (χ0v) is 12.3. The van der Waals surface area contributed by atoms with E-state index in [0.29, 0.717) is 16.6 Å². The molecule has 1 aromatic heterocycles. The molecule has 0 unspecified atom stereocenters. The number of hydrogen-bond donors (Lipinski definition) is 2. The number of nitrogens with zero attached hydrogens (tertiary/aromatic N) is 1. The van der Waals surface area contributed by atoms with Crippen LogP contribution in [0, 0.1) is 17.5 Å². The van der Waals surface area contributed by atoms with Gasteiger partial charge in [0.2, 0.25) is 0 Å². The maximum Gasteiger partial charge on any atom is 0.259 e. The molecule has 2 rings (SSSR count). The molecule has 0 fully saturated rings. The van der Waals surface area contributed by atoms with Crippen LogP contribution in [0.4, 0.5) is 24.7 Å². The smallest absolute Gasteiger partial charge is 0.259 e. The Hall–Kier alpha value is -2.09. The van der Waals surface area contributed by atoms with Crippen LogP contribution in [-0.2, 0) is 0 Å². The zero-order chi connectivity index (χ0) is 15.6. The molecule has 0 radical (unpaired) electrons. The van der Waals surface area contributed by atoms with E-state index in [1.807, 2.05) is 0 Å². The molecule has 0 atom stereocenters. The molecule has 2 aromatic rings. The third kappa shape index (κ3) is 3.33. The predicted molar refractivity (Wildman–Crippen MR) is 75.8 cm³/mol. The highest BCUT2D eigenvalue weighted by Gasteiger charge is 2.17. The van der Waals surface area contributed by atoms with E-state index in [1.165, 1.54) is 12.3 Å². The highest BCUT2D eigenvalue weighted by Crippen LogP contribution is 2.22. The Morgan fingerprint density at radius 3 is 2.62 bits per heavy atom. The van der Waals surface area contributed by atoms with Gasteiger partial charge in [0, 0.05) is 29.8 Å². The largest absolute Gasteiger partial charge is 0.372 e. The van der Waals surface area contributed by atoms with E-state index in [-0.39, 0.29) is 11.4 Å². The van der Waals surface area contributed by atoms with Crippen molar-refractivity contribution in [3.05, 3.63) is 51.9 Å². The van der Waals surface area contributed by atoms with Crippen LogP contribution >= 0.6 is 15.9 Å². The molecule has 0 saturated heterocycles. The monoisotopic (exact) mass is 359 g/mol. The van der Waals surface area contributed by atoms with Gasteiger partial charge in [0.15, 0.2) is 11.6 Å². The average Bonchev–Trinajstić information content (AvgIpc) is 2.44. The molecule has 0 bridgehead atoms. The van der Waals surface area contributed by atoms with E-state index in [9.17, 15) is 18.0 Å². The number of halogens is 4. The lowest BCUT2D eigenvalue weighted by Gasteiger charge is -2.10. The fraction of sp³-hybridized carbons (Fsp3) is 0.0769. The number of anilines is 2. The number of nitrogens with one attached hydrogen (secondary N) is 2. The van der Waals surface area contributed by atoms with E-state index >= 15 is 0 Å². The molecular formula is C13H9BrF3N3O. The van der Waals surface area contributed by atoms with Gasteiger partial charge >= 0.3 is 0 Å². The van der Waals surface area contributed by atoms with Gasteiger partial charge in [0.1, 0.15) is 11.6 Å². The summed E-state index contributed by atoms with van der Waals surface area (Å²) in [6.07, 6.45) is 1.46. The summed E-state index contributed by atoms with van der Waals surface area (Å²) in [4.78, 5) is 16.1. The van der Waals surface area contributed by atoms with Crippen LogP contribution in [-0.4, -0.2) is 17.9 Å². The summed E-state index contributed by atoms with van der Waals surface area (Å²) >= 11 is 3.15. The second kappa shape index (κ2) is 6.13. The number of pyridine rings is 1. The van der Waals surface area contributed by atoms with Crippen molar-refractivity contribution < 1.29 is 18.0 Å². The lowest BCUT2D eigenvalue weighted by atomic mass is 10.2. The Labute approximate surface area is 126 Å². The molecule has 4 nitrogen and oxygen atoms in total. The number of rotatable bonds is 3. The molecule has 0 aliphatic rings. The van der Waals surface area contributed by atoms with Crippen LogP contribution in [0.3, 0.4) is 0 Å². The highest BCUT2D eigenvalue weighted by molar-refractivity contribution is 9.10. The molecule has 0 aliphatic heterocycles. The first-order valence-electron chi connectivity index (χ1n) is 5.71. The summed E-state index contributed by atoms with van der Waals surface area (Å²) in [7, 11) is 1.55. The zero-order valence-electron chi connectivity index (χ0n) is 10.7. The van der Waals surface area contributed by atoms with Crippen molar-refractivity contribution in [2.75, 3.05) is 17.7 Å². The van der Waals surface area contributed by atoms with Crippen molar-refractivity contribution in [3.63, 3.8) is 0 Å². The molecule has 8 heteroatoms. The van der Waals surface area contributed by atoms with Gasteiger partial charge in [-0.25, -0.2) is 18.2 Å². The van der Waals surface area contributed by atoms with E-state index in [2.05, 4.69) is 31.5 Å². The van der Waals surface area contributed by atoms with Crippen LogP contribution in [0.1, 0.15) is 10.4 Å². The number of benzene rings is 1. The van der Waals surface area contributed by atoms with Gasteiger partial charge in [0.05, 0.1) is 11.3 Å². The van der Waals surface area contributed by atoms with Crippen molar-refractivity contribution in [2.24, 2.45) is 0 Å². The summed E-state index contributed by atoms with van der Waals surface area (Å²) in [5.41, 5.74) is -0.490. The highest BCUT2D eigenvalue weighted by atomic mass is 79.9. The second-order valence-electron chi connectivity index (χ2n) is 4.00. The normalized spacial score (nSPS) is 10.3.